The summed E-state index contributed by atoms with van der Waals surface area (Å²) in [7, 11) is 0. The van der Waals surface area contributed by atoms with Crippen molar-refractivity contribution in [1.29, 1.82) is 0 Å². The Bertz CT molecular complexity index is 527. The molecule has 1 aliphatic carbocycles. The van der Waals surface area contributed by atoms with E-state index in [0.29, 0.717) is 23.6 Å². The van der Waals surface area contributed by atoms with Gasteiger partial charge in [0.05, 0.1) is 5.69 Å². The Hall–Kier alpha value is -1.84. The van der Waals surface area contributed by atoms with Gasteiger partial charge in [-0.05, 0) is 38.8 Å². The Morgan fingerprint density at radius 1 is 1.24 bits per heavy atom. The van der Waals surface area contributed by atoms with Gasteiger partial charge in [0.25, 0.3) is 0 Å². The van der Waals surface area contributed by atoms with Crippen LogP contribution >= 0.6 is 0 Å². The predicted molar refractivity (Wildman–Crippen MR) is 82.6 cm³/mol. The second-order valence-corrected chi connectivity index (χ2v) is 6.60. The monoisotopic (exact) mass is 289 g/mol. The predicted octanol–water partition coefficient (Wildman–Crippen LogP) is 4.41. The first-order valence-corrected chi connectivity index (χ1v) is 7.47. The average molecular weight is 289 g/mol. The standard InChI is InChI=1S/C17H23NO3/c1-17(2,3)21-16(20)18-14-10-5-4-9-13(14)15(19)11-12-7-6-8-12/h4-5,9-10,12H,6-8,11H2,1-3H3,(H,18,20). The van der Waals surface area contributed by atoms with Gasteiger partial charge in [-0.1, -0.05) is 31.4 Å². The van der Waals surface area contributed by atoms with Crippen LogP contribution in [0.5, 0.6) is 0 Å². The minimum absolute atomic E-state index is 0.0892. The SMILES string of the molecule is CC(C)(C)OC(=O)Nc1ccccc1C(=O)CC1CCC1. The van der Waals surface area contributed by atoms with Gasteiger partial charge in [0.1, 0.15) is 5.60 Å². The Morgan fingerprint density at radius 3 is 2.48 bits per heavy atom. The molecule has 0 radical (unpaired) electrons. The first-order chi connectivity index (χ1) is 9.85. The van der Waals surface area contributed by atoms with Crippen LogP contribution in [0.4, 0.5) is 10.5 Å². The van der Waals surface area contributed by atoms with Crippen LogP contribution in [0.25, 0.3) is 0 Å². The molecule has 0 spiro atoms. The van der Waals surface area contributed by atoms with Crippen LogP contribution in [0, 0.1) is 5.92 Å². The molecular formula is C17H23NO3. The second-order valence-electron chi connectivity index (χ2n) is 6.60. The molecule has 1 saturated carbocycles. The van der Waals surface area contributed by atoms with Crippen LogP contribution in [0.1, 0.15) is 56.8 Å². The van der Waals surface area contributed by atoms with E-state index in [0.717, 1.165) is 12.8 Å². The van der Waals surface area contributed by atoms with Crippen LogP contribution in [-0.4, -0.2) is 17.5 Å². The van der Waals surface area contributed by atoms with Gasteiger partial charge in [0.15, 0.2) is 5.78 Å². The summed E-state index contributed by atoms with van der Waals surface area (Å²) in [5.41, 5.74) is 0.529. The van der Waals surface area contributed by atoms with Gasteiger partial charge in [-0.3, -0.25) is 10.1 Å². The van der Waals surface area contributed by atoms with Gasteiger partial charge in [0.2, 0.25) is 0 Å². The average Bonchev–Trinajstić information content (AvgIpc) is 2.31. The number of rotatable bonds is 4. The zero-order valence-corrected chi connectivity index (χ0v) is 12.9. The van der Waals surface area contributed by atoms with Crippen molar-refractivity contribution < 1.29 is 14.3 Å². The third-order valence-electron chi connectivity index (χ3n) is 3.56. The Labute approximate surface area is 125 Å². The molecule has 0 unspecified atom stereocenters. The summed E-state index contributed by atoms with van der Waals surface area (Å²) in [6.07, 6.45) is 3.51. The van der Waals surface area contributed by atoms with E-state index in [1.54, 1.807) is 39.0 Å². The molecule has 4 nitrogen and oxygen atoms in total. The molecule has 0 saturated heterocycles. The van der Waals surface area contributed by atoms with Crippen molar-refractivity contribution in [2.24, 2.45) is 5.92 Å². The quantitative estimate of drug-likeness (QED) is 0.835. The van der Waals surface area contributed by atoms with Crippen molar-refractivity contribution in [2.75, 3.05) is 5.32 Å². The zero-order valence-electron chi connectivity index (χ0n) is 12.9. The van der Waals surface area contributed by atoms with Crippen LogP contribution in [-0.2, 0) is 4.74 Å². The molecule has 1 N–H and O–H groups in total. The van der Waals surface area contributed by atoms with E-state index in [9.17, 15) is 9.59 Å². The second kappa shape index (κ2) is 6.29. The summed E-state index contributed by atoms with van der Waals surface area (Å²) in [5.74, 6) is 0.596. The molecule has 0 heterocycles. The first kappa shape index (κ1) is 15.5. The van der Waals surface area contributed by atoms with Crippen LogP contribution in [0.2, 0.25) is 0 Å². The Kier molecular flexibility index (Phi) is 4.66. The number of hydrogen-bond acceptors (Lipinski definition) is 3. The lowest BCUT2D eigenvalue weighted by Gasteiger charge is -2.25. The van der Waals surface area contributed by atoms with E-state index < -0.39 is 11.7 Å². The molecule has 2 rings (SSSR count). The maximum atomic E-state index is 12.3. The summed E-state index contributed by atoms with van der Waals surface area (Å²) in [5, 5.41) is 2.68. The zero-order chi connectivity index (χ0) is 15.5. The van der Waals surface area contributed by atoms with Gasteiger partial charge < -0.3 is 4.74 Å². The van der Waals surface area contributed by atoms with Crippen LogP contribution in [0.3, 0.4) is 0 Å². The third kappa shape index (κ3) is 4.59. The molecule has 0 aromatic heterocycles. The molecule has 4 heteroatoms. The van der Waals surface area contributed by atoms with Crippen LogP contribution in [0.15, 0.2) is 24.3 Å². The molecule has 1 aliphatic rings. The Morgan fingerprint density at radius 2 is 1.90 bits per heavy atom. The minimum Gasteiger partial charge on any atom is -0.444 e. The largest absolute Gasteiger partial charge is 0.444 e. The number of ketones is 1. The Balaban J connectivity index is 2.05. The maximum Gasteiger partial charge on any atom is 0.412 e. The molecule has 1 fully saturated rings. The lowest BCUT2D eigenvalue weighted by atomic mass is 9.81. The minimum atomic E-state index is -0.561. The maximum absolute atomic E-state index is 12.3. The lowest BCUT2D eigenvalue weighted by Crippen LogP contribution is -2.28. The summed E-state index contributed by atoms with van der Waals surface area (Å²) >= 11 is 0. The highest BCUT2D eigenvalue weighted by atomic mass is 16.6. The molecule has 1 aromatic carbocycles. The van der Waals surface area contributed by atoms with E-state index in [1.807, 2.05) is 6.07 Å². The summed E-state index contributed by atoms with van der Waals surface area (Å²) in [6, 6.07) is 7.10. The van der Waals surface area contributed by atoms with Gasteiger partial charge in [0, 0.05) is 12.0 Å². The van der Waals surface area contributed by atoms with Crippen LogP contribution < -0.4 is 5.32 Å². The molecular weight excluding hydrogens is 266 g/mol. The molecule has 21 heavy (non-hydrogen) atoms. The highest BCUT2D eigenvalue weighted by Gasteiger charge is 2.23. The van der Waals surface area contributed by atoms with Crippen molar-refractivity contribution in [3.05, 3.63) is 29.8 Å². The van der Waals surface area contributed by atoms with Crippen molar-refractivity contribution in [3.63, 3.8) is 0 Å². The number of Topliss-reactive ketones (excluding diaryl/α,β-unsaturated/α-hetero) is 1. The van der Waals surface area contributed by atoms with E-state index in [1.165, 1.54) is 6.42 Å². The van der Waals surface area contributed by atoms with Crippen molar-refractivity contribution in [1.82, 2.24) is 0 Å². The number of nitrogens with one attached hydrogen (secondary N) is 1. The lowest BCUT2D eigenvalue weighted by molar-refractivity contribution is 0.0636. The highest BCUT2D eigenvalue weighted by Crippen LogP contribution is 2.31. The molecule has 0 bridgehead atoms. The number of hydrogen-bond donors (Lipinski definition) is 1. The van der Waals surface area contributed by atoms with Gasteiger partial charge in [-0.2, -0.15) is 0 Å². The summed E-state index contributed by atoms with van der Waals surface area (Å²) < 4.78 is 5.23. The number of ether oxygens (including phenoxy) is 1. The fourth-order valence-electron chi connectivity index (χ4n) is 2.32. The highest BCUT2D eigenvalue weighted by molar-refractivity contribution is 6.04. The van der Waals surface area contributed by atoms with Crippen molar-refractivity contribution >= 4 is 17.6 Å². The number of para-hydroxylation sites is 1. The van der Waals surface area contributed by atoms with E-state index in [4.69, 9.17) is 4.74 Å². The number of amides is 1. The van der Waals surface area contributed by atoms with Gasteiger partial charge >= 0.3 is 6.09 Å². The number of anilines is 1. The third-order valence-corrected chi connectivity index (χ3v) is 3.56. The van der Waals surface area contributed by atoms with E-state index >= 15 is 0 Å². The number of carbonyl (C=O) groups is 2. The topological polar surface area (TPSA) is 55.4 Å². The number of carbonyl (C=O) groups excluding carboxylic acids is 2. The van der Waals surface area contributed by atoms with Gasteiger partial charge in [-0.15, -0.1) is 0 Å². The number of benzene rings is 1. The molecule has 114 valence electrons. The van der Waals surface area contributed by atoms with E-state index in [2.05, 4.69) is 5.32 Å². The summed E-state index contributed by atoms with van der Waals surface area (Å²) in [4.78, 5) is 24.2. The normalized spacial score (nSPS) is 15.2. The van der Waals surface area contributed by atoms with E-state index in [-0.39, 0.29) is 5.78 Å². The molecule has 0 aliphatic heterocycles. The van der Waals surface area contributed by atoms with Gasteiger partial charge in [-0.25, -0.2) is 4.79 Å². The van der Waals surface area contributed by atoms with Crippen molar-refractivity contribution in [2.45, 2.75) is 52.1 Å². The smallest absolute Gasteiger partial charge is 0.412 e. The summed E-state index contributed by atoms with van der Waals surface area (Å²) in [6.45, 7) is 5.42. The molecule has 1 amide bonds. The van der Waals surface area contributed by atoms with Crippen molar-refractivity contribution in [3.8, 4) is 0 Å². The molecule has 0 atom stereocenters. The first-order valence-electron chi connectivity index (χ1n) is 7.47. The fourth-order valence-corrected chi connectivity index (χ4v) is 2.32. The fraction of sp³-hybridized carbons (Fsp3) is 0.529. The molecule has 1 aromatic rings.